The van der Waals surface area contributed by atoms with Crippen LogP contribution >= 0.6 is 27.5 Å². The van der Waals surface area contributed by atoms with Gasteiger partial charge in [-0.1, -0.05) is 51.8 Å². The maximum absolute atomic E-state index is 13.3. The summed E-state index contributed by atoms with van der Waals surface area (Å²) in [6.07, 6.45) is 5.03. The van der Waals surface area contributed by atoms with Crippen LogP contribution in [0.1, 0.15) is 27.1 Å². The highest BCUT2D eigenvalue weighted by Gasteiger charge is 2.59. The molecular formula is C33H22BrClN2O5. The normalized spacial score (nSPS) is 22.2. The second-order valence-electron chi connectivity index (χ2n) is 10.8. The van der Waals surface area contributed by atoms with Gasteiger partial charge < -0.3 is 4.74 Å². The van der Waals surface area contributed by atoms with Crippen molar-refractivity contribution in [3.05, 3.63) is 106 Å². The van der Waals surface area contributed by atoms with Crippen molar-refractivity contribution in [1.29, 1.82) is 0 Å². The number of halogens is 2. The van der Waals surface area contributed by atoms with Gasteiger partial charge in [-0.3, -0.25) is 19.3 Å². The molecule has 3 aromatic carbocycles. The lowest BCUT2D eigenvalue weighted by molar-refractivity contribution is -0.123. The van der Waals surface area contributed by atoms with Gasteiger partial charge in [0.05, 0.1) is 34.3 Å². The van der Waals surface area contributed by atoms with Crippen LogP contribution in [0.25, 0.3) is 22.2 Å². The van der Waals surface area contributed by atoms with Gasteiger partial charge in [-0.2, -0.15) is 0 Å². The van der Waals surface area contributed by atoms with E-state index in [0.29, 0.717) is 38.4 Å². The number of fused-ring (bicyclic) bond motifs is 6. The Bertz CT molecular complexity index is 1810. The number of Topliss-reactive ketones (excluding diaryl/α,β-unsaturated/α-hetero) is 1. The van der Waals surface area contributed by atoms with Crippen LogP contribution in [0.2, 0.25) is 5.02 Å². The molecule has 4 atom stereocenters. The van der Waals surface area contributed by atoms with Crippen molar-refractivity contribution in [2.75, 3.05) is 11.5 Å². The number of anilines is 1. The zero-order valence-electron chi connectivity index (χ0n) is 22.0. The molecule has 4 aromatic rings. The van der Waals surface area contributed by atoms with Crippen LogP contribution in [0.3, 0.4) is 0 Å². The Morgan fingerprint density at radius 1 is 0.905 bits per heavy atom. The van der Waals surface area contributed by atoms with Gasteiger partial charge in [0.1, 0.15) is 0 Å². The van der Waals surface area contributed by atoms with E-state index in [0.717, 1.165) is 10.9 Å². The number of ketones is 1. The fraction of sp³-hybridized carbons (Fsp3) is 0.182. The summed E-state index contributed by atoms with van der Waals surface area (Å²) in [5.74, 6) is -1.55. The molecule has 4 unspecified atom stereocenters. The van der Waals surface area contributed by atoms with Crippen LogP contribution in [0.5, 0.6) is 0 Å². The number of pyridine rings is 1. The number of nitrogens with zero attached hydrogens (tertiary/aromatic N) is 2. The van der Waals surface area contributed by atoms with E-state index >= 15 is 0 Å². The predicted molar refractivity (Wildman–Crippen MR) is 161 cm³/mol. The first-order chi connectivity index (χ1) is 20.3. The number of hydrogen-bond acceptors (Lipinski definition) is 6. The van der Waals surface area contributed by atoms with Gasteiger partial charge >= 0.3 is 5.97 Å². The van der Waals surface area contributed by atoms with E-state index in [1.165, 1.54) is 4.90 Å². The van der Waals surface area contributed by atoms with Crippen LogP contribution in [-0.2, 0) is 14.3 Å². The highest BCUT2D eigenvalue weighted by molar-refractivity contribution is 9.10. The molecule has 2 fully saturated rings. The van der Waals surface area contributed by atoms with Crippen molar-refractivity contribution < 1.29 is 23.9 Å². The monoisotopic (exact) mass is 640 g/mol. The molecule has 1 aromatic heterocycles. The Labute approximate surface area is 254 Å². The molecule has 2 bridgehead atoms. The molecule has 1 saturated heterocycles. The maximum Gasteiger partial charge on any atom is 0.339 e. The number of amides is 2. The van der Waals surface area contributed by atoms with Crippen LogP contribution in [0.15, 0.2) is 89.4 Å². The summed E-state index contributed by atoms with van der Waals surface area (Å²) < 4.78 is 6.19. The van der Waals surface area contributed by atoms with E-state index in [1.54, 1.807) is 66.7 Å². The number of allylic oxidation sites excluding steroid dienone is 2. The van der Waals surface area contributed by atoms with E-state index in [9.17, 15) is 19.2 Å². The predicted octanol–water partition coefficient (Wildman–Crippen LogP) is 6.67. The summed E-state index contributed by atoms with van der Waals surface area (Å²) in [5.41, 5.74) is 2.92. The lowest BCUT2D eigenvalue weighted by Gasteiger charge is -2.17. The molecule has 0 radical (unpaired) electrons. The molecule has 1 aliphatic heterocycles. The average Bonchev–Trinajstić information content (AvgIpc) is 3.69. The smallest absolute Gasteiger partial charge is 0.339 e. The summed E-state index contributed by atoms with van der Waals surface area (Å²) in [6.45, 7) is -0.431. The molecule has 9 heteroatoms. The van der Waals surface area contributed by atoms with E-state index in [1.807, 2.05) is 6.07 Å². The summed E-state index contributed by atoms with van der Waals surface area (Å²) in [7, 11) is 0. The quantitative estimate of drug-likeness (QED) is 0.101. The van der Waals surface area contributed by atoms with Crippen molar-refractivity contribution in [1.82, 2.24) is 4.98 Å². The molecule has 7 rings (SSSR count). The molecule has 2 heterocycles. The van der Waals surface area contributed by atoms with E-state index < -0.39 is 12.6 Å². The number of imide groups is 1. The fourth-order valence-electron chi connectivity index (χ4n) is 6.38. The highest BCUT2D eigenvalue weighted by atomic mass is 79.9. The molecule has 0 spiro atoms. The zero-order valence-corrected chi connectivity index (χ0v) is 24.3. The summed E-state index contributed by atoms with van der Waals surface area (Å²) >= 11 is 9.35. The van der Waals surface area contributed by atoms with Crippen molar-refractivity contribution >= 4 is 67.7 Å². The molecule has 42 heavy (non-hydrogen) atoms. The Balaban J connectivity index is 1.16. The number of hydrogen-bond donors (Lipinski definition) is 0. The van der Waals surface area contributed by atoms with E-state index in [4.69, 9.17) is 21.3 Å². The van der Waals surface area contributed by atoms with Crippen molar-refractivity contribution in [3.8, 4) is 11.3 Å². The van der Waals surface area contributed by atoms with Crippen LogP contribution in [0, 0.1) is 23.7 Å². The van der Waals surface area contributed by atoms with E-state index in [-0.39, 0.29) is 46.8 Å². The standard InChI is InChI=1S/C33H22BrClN2O5/c34-21-7-12-26-24(14-21)25(33(41)42-16-28(38)18-3-8-22(35)9-4-18)15-27(36-26)17-5-10-23(11-6-17)37-31(39)29-19-1-2-20(13-19)30(29)32(37)40/h1-12,14-15,19-20,29-30H,13,16H2. The largest absolute Gasteiger partial charge is 0.454 e. The van der Waals surface area contributed by atoms with Crippen LogP contribution in [0.4, 0.5) is 5.69 Å². The van der Waals surface area contributed by atoms with Gasteiger partial charge in [0, 0.05) is 26.0 Å². The van der Waals surface area contributed by atoms with Gasteiger partial charge in [-0.15, -0.1) is 0 Å². The Morgan fingerprint density at radius 2 is 1.57 bits per heavy atom. The fourth-order valence-corrected chi connectivity index (χ4v) is 6.87. The Kier molecular flexibility index (Phi) is 6.55. The number of rotatable bonds is 6. The lowest BCUT2D eigenvalue weighted by atomic mass is 9.85. The Morgan fingerprint density at radius 3 is 2.24 bits per heavy atom. The summed E-state index contributed by atoms with van der Waals surface area (Å²) in [5, 5.41) is 1.07. The molecule has 2 aliphatic carbocycles. The molecule has 208 valence electrons. The number of ether oxygens (including phenoxy) is 1. The van der Waals surface area contributed by atoms with Crippen LogP contribution < -0.4 is 4.90 Å². The molecule has 7 nitrogen and oxygen atoms in total. The number of aromatic nitrogens is 1. The van der Waals surface area contributed by atoms with Gasteiger partial charge in [-0.25, -0.2) is 9.78 Å². The highest BCUT2D eigenvalue weighted by Crippen LogP contribution is 2.53. The van der Waals surface area contributed by atoms with Gasteiger partial charge in [0.15, 0.2) is 12.4 Å². The van der Waals surface area contributed by atoms with Crippen LogP contribution in [-0.4, -0.2) is 35.2 Å². The van der Waals surface area contributed by atoms with Gasteiger partial charge in [0.25, 0.3) is 0 Å². The summed E-state index contributed by atoms with van der Waals surface area (Å²) in [4.78, 5) is 58.4. The number of carbonyl (C=O) groups is 4. The zero-order chi connectivity index (χ0) is 29.1. The Hall–Kier alpha value is -4.14. The number of benzene rings is 3. The molecular weight excluding hydrogens is 620 g/mol. The maximum atomic E-state index is 13.3. The second-order valence-corrected chi connectivity index (χ2v) is 12.1. The van der Waals surface area contributed by atoms with Crippen molar-refractivity contribution in [2.24, 2.45) is 23.7 Å². The number of carbonyl (C=O) groups excluding carboxylic acids is 4. The summed E-state index contributed by atoms with van der Waals surface area (Å²) in [6, 6.07) is 20.4. The third-order valence-corrected chi connectivity index (χ3v) is 9.13. The molecule has 2 amide bonds. The first-order valence-corrected chi connectivity index (χ1v) is 14.7. The van der Waals surface area contributed by atoms with E-state index in [2.05, 4.69) is 28.1 Å². The van der Waals surface area contributed by atoms with Crippen molar-refractivity contribution in [2.45, 2.75) is 6.42 Å². The molecule has 1 saturated carbocycles. The SMILES string of the molecule is O=C(COC(=O)c1cc(-c2ccc(N3C(=O)C4C5C=CC(C5)C4C3=O)cc2)nc2ccc(Br)cc12)c1ccc(Cl)cc1. The van der Waals surface area contributed by atoms with Gasteiger partial charge in [-0.05, 0) is 78.9 Å². The molecule has 0 N–H and O–H groups in total. The lowest BCUT2D eigenvalue weighted by Crippen LogP contribution is -2.32. The average molecular weight is 642 g/mol. The van der Waals surface area contributed by atoms with Crippen molar-refractivity contribution in [3.63, 3.8) is 0 Å². The first kappa shape index (κ1) is 26.7. The minimum atomic E-state index is -0.663. The number of esters is 1. The van der Waals surface area contributed by atoms with Gasteiger partial charge in [0.2, 0.25) is 11.8 Å². The minimum Gasteiger partial charge on any atom is -0.454 e. The third-order valence-electron chi connectivity index (χ3n) is 8.38. The first-order valence-electron chi connectivity index (χ1n) is 13.5. The topological polar surface area (TPSA) is 93.6 Å². The molecule has 3 aliphatic rings. The third kappa shape index (κ3) is 4.46. The second kappa shape index (κ2) is 10.3. The minimum absolute atomic E-state index is 0.137.